The molecule has 0 saturated heterocycles. The Bertz CT molecular complexity index is 792. The van der Waals surface area contributed by atoms with Crippen molar-refractivity contribution < 1.29 is 0 Å². The first-order valence-electron chi connectivity index (χ1n) is 8.34. The van der Waals surface area contributed by atoms with E-state index in [0.29, 0.717) is 0 Å². The summed E-state index contributed by atoms with van der Waals surface area (Å²) in [6.45, 7) is 3.74. The van der Waals surface area contributed by atoms with Crippen LogP contribution >= 0.6 is 11.6 Å². The number of nitrogens with one attached hydrogen (secondary N) is 2. The van der Waals surface area contributed by atoms with E-state index in [9.17, 15) is 0 Å². The number of guanidine groups is 1. The number of allylic oxidation sites excluding steroid dienone is 1. The van der Waals surface area contributed by atoms with Crippen LogP contribution in [0.4, 0.5) is 0 Å². The Morgan fingerprint density at radius 2 is 1.92 bits per heavy atom. The fraction of sp³-hybridized carbons (Fsp3) is 0.200. The summed E-state index contributed by atoms with van der Waals surface area (Å²) in [7, 11) is 0. The van der Waals surface area contributed by atoms with Gasteiger partial charge in [-0.2, -0.15) is 5.10 Å². The van der Waals surface area contributed by atoms with Gasteiger partial charge >= 0.3 is 0 Å². The highest BCUT2D eigenvalue weighted by molar-refractivity contribution is 6.30. The molecule has 25 heavy (non-hydrogen) atoms. The van der Waals surface area contributed by atoms with Gasteiger partial charge in [0.05, 0.1) is 5.71 Å². The summed E-state index contributed by atoms with van der Waals surface area (Å²) < 4.78 is 0. The van der Waals surface area contributed by atoms with Gasteiger partial charge in [0.25, 0.3) is 0 Å². The van der Waals surface area contributed by atoms with Gasteiger partial charge in [-0.15, -0.1) is 0 Å². The number of hydrogen-bond acceptors (Lipinski definition) is 4. The van der Waals surface area contributed by atoms with Crippen LogP contribution in [-0.2, 0) is 0 Å². The molecule has 0 amide bonds. The maximum atomic E-state index is 5.99. The zero-order valence-corrected chi connectivity index (χ0v) is 14.9. The number of aliphatic imine (C=N–C) groups is 1. The van der Waals surface area contributed by atoms with Crippen molar-refractivity contribution in [2.45, 2.75) is 13.3 Å². The Hall–Kier alpha value is -2.59. The summed E-state index contributed by atoms with van der Waals surface area (Å²) in [6, 6.07) is 18.0. The number of hydrazone groups is 1. The van der Waals surface area contributed by atoms with E-state index in [1.54, 1.807) is 0 Å². The summed E-state index contributed by atoms with van der Waals surface area (Å²) >= 11 is 5.99. The second-order valence-electron chi connectivity index (χ2n) is 5.80. The summed E-state index contributed by atoms with van der Waals surface area (Å²) in [4.78, 5) is 4.38. The van der Waals surface area contributed by atoms with E-state index < -0.39 is 0 Å². The van der Waals surface area contributed by atoms with Gasteiger partial charge in [-0.1, -0.05) is 54.1 Å². The lowest BCUT2D eigenvalue weighted by Crippen LogP contribution is -2.38. The van der Waals surface area contributed by atoms with Crippen molar-refractivity contribution in [2.75, 3.05) is 13.1 Å². The topological polar surface area (TPSA) is 48.8 Å². The van der Waals surface area contributed by atoms with Crippen molar-refractivity contribution in [3.8, 4) is 0 Å². The summed E-state index contributed by atoms with van der Waals surface area (Å²) in [5, 5.41) is 8.45. The number of hydrogen-bond donors (Lipinski definition) is 2. The first kappa shape index (κ1) is 17.2. The fourth-order valence-electron chi connectivity index (χ4n) is 2.54. The Morgan fingerprint density at radius 3 is 2.60 bits per heavy atom. The average Bonchev–Trinajstić information content (AvgIpc) is 2.67. The molecule has 0 spiro atoms. The fourth-order valence-corrected chi connectivity index (χ4v) is 2.67. The molecule has 1 heterocycles. The molecule has 0 unspecified atom stereocenters. The van der Waals surface area contributed by atoms with Crippen molar-refractivity contribution in [3.05, 3.63) is 70.7 Å². The van der Waals surface area contributed by atoms with Crippen molar-refractivity contribution >= 4 is 34.9 Å². The molecule has 1 aliphatic heterocycles. The third-order valence-electron chi connectivity index (χ3n) is 3.88. The van der Waals surface area contributed by atoms with Crippen LogP contribution in [0, 0.1) is 0 Å². The molecule has 0 bridgehead atoms. The van der Waals surface area contributed by atoms with Gasteiger partial charge in [-0.05, 0) is 42.7 Å². The molecule has 0 saturated carbocycles. The molecule has 0 aliphatic carbocycles. The van der Waals surface area contributed by atoms with Crippen LogP contribution in [0.25, 0.3) is 11.6 Å². The van der Waals surface area contributed by atoms with Gasteiger partial charge in [-0.25, -0.2) is 5.43 Å². The van der Waals surface area contributed by atoms with E-state index in [1.165, 1.54) is 0 Å². The summed E-state index contributed by atoms with van der Waals surface area (Å²) in [5.41, 5.74) is 7.15. The minimum Gasteiger partial charge on any atom is -0.355 e. The zero-order chi connectivity index (χ0) is 17.5. The highest BCUT2D eigenvalue weighted by Crippen LogP contribution is 2.21. The monoisotopic (exact) mass is 352 g/mol. The van der Waals surface area contributed by atoms with Crippen molar-refractivity contribution in [3.63, 3.8) is 0 Å². The van der Waals surface area contributed by atoms with Gasteiger partial charge in [0.2, 0.25) is 5.96 Å². The molecule has 0 fully saturated rings. The maximum Gasteiger partial charge on any atom is 0.212 e. The number of rotatable bonds is 4. The number of halogens is 1. The van der Waals surface area contributed by atoms with Gasteiger partial charge in [0.1, 0.15) is 0 Å². The molecule has 2 aromatic carbocycles. The Balaban J connectivity index is 1.90. The molecular weight excluding hydrogens is 332 g/mol. The molecule has 4 nitrogen and oxygen atoms in total. The van der Waals surface area contributed by atoms with Crippen LogP contribution in [-0.4, -0.2) is 24.8 Å². The minimum atomic E-state index is 0.726. The third-order valence-corrected chi connectivity index (χ3v) is 4.13. The van der Waals surface area contributed by atoms with E-state index in [1.807, 2.05) is 49.4 Å². The molecule has 3 rings (SSSR count). The first-order valence-corrected chi connectivity index (χ1v) is 8.72. The summed E-state index contributed by atoms with van der Waals surface area (Å²) in [5.74, 6) is 0.726. The molecule has 2 aromatic rings. The SMILES string of the molecule is CC(=N\NC1=NCCCN1)/C(=C\c1ccc(Cl)cc1)c1ccccc1. The van der Waals surface area contributed by atoms with Crippen LogP contribution in [0.3, 0.4) is 0 Å². The normalized spacial score (nSPS) is 15.4. The highest BCUT2D eigenvalue weighted by Gasteiger charge is 2.07. The standard InChI is InChI=1S/C20H21ClN4/c1-15(24-25-20-22-12-5-13-23-20)19(17-6-3-2-4-7-17)14-16-8-10-18(21)11-9-16/h2-4,6-11,14H,5,12-13H2,1H3,(H2,22,23,25)/b19-14+,24-15+. The maximum absolute atomic E-state index is 5.99. The Labute approximate surface area is 153 Å². The van der Waals surface area contributed by atoms with E-state index in [4.69, 9.17) is 11.6 Å². The number of nitrogens with zero attached hydrogens (tertiary/aromatic N) is 2. The van der Waals surface area contributed by atoms with Gasteiger partial charge < -0.3 is 5.32 Å². The lowest BCUT2D eigenvalue weighted by molar-refractivity contribution is 0.711. The molecule has 1 aliphatic rings. The predicted octanol–water partition coefficient (Wildman–Crippen LogP) is 4.20. The van der Waals surface area contributed by atoms with Crippen molar-refractivity contribution in [1.29, 1.82) is 0 Å². The molecular formula is C20H21ClN4. The van der Waals surface area contributed by atoms with E-state index in [2.05, 4.69) is 39.0 Å². The first-order chi connectivity index (χ1) is 12.2. The molecule has 2 N–H and O–H groups in total. The quantitative estimate of drug-likeness (QED) is 0.492. The Kier molecular flexibility index (Phi) is 5.86. The van der Waals surface area contributed by atoms with Crippen LogP contribution in [0.15, 0.2) is 64.7 Å². The predicted molar refractivity (Wildman–Crippen MR) is 107 cm³/mol. The van der Waals surface area contributed by atoms with Crippen molar-refractivity contribution in [1.82, 2.24) is 10.7 Å². The van der Waals surface area contributed by atoms with E-state index in [0.717, 1.165) is 52.9 Å². The lowest BCUT2D eigenvalue weighted by atomic mass is 9.99. The average molecular weight is 353 g/mol. The van der Waals surface area contributed by atoms with Crippen LogP contribution in [0.1, 0.15) is 24.5 Å². The molecule has 0 atom stereocenters. The Morgan fingerprint density at radius 1 is 1.16 bits per heavy atom. The smallest absolute Gasteiger partial charge is 0.212 e. The molecule has 0 aromatic heterocycles. The van der Waals surface area contributed by atoms with Crippen molar-refractivity contribution in [2.24, 2.45) is 10.1 Å². The largest absolute Gasteiger partial charge is 0.355 e. The van der Waals surface area contributed by atoms with Crippen LogP contribution < -0.4 is 10.7 Å². The van der Waals surface area contributed by atoms with Gasteiger partial charge in [-0.3, -0.25) is 4.99 Å². The zero-order valence-electron chi connectivity index (χ0n) is 14.2. The summed E-state index contributed by atoms with van der Waals surface area (Å²) in [6.07, 6.45) is 3.17. The minimum absolute atomic E-state index is 0.726. The second-order valence-corrected chi connectivity index (χ2v) is 6.23. The molecule has 0 radical (unpaired) electrons. The third kappa shape index (κ3) is 4.94. The van der Waals surface area contributed by atoms with E-state index in [-0.39, 0.29) is 0 Å². The second kappa shape index (κ2) is 8.49. The lowest BCUT2D eigenvalue weighted by Gasteiger charge is -2.14. The number of benzene rings is 2. The molecule has 128 valence electrons. The highest BCUT2D eigenvalue weighted by atomic mass is 35.5. The van der Waals surface area contributed by atoms with Crippen LogP contribution in [0.5, 0.6) is 0 Å². The molecule has 5 heteroatoms. The van der Waals surface area contributed by atoms with Gasteiger partial charge in [0, 0.05) is 23.7 Å². The van der Waals surface area contributed by atoms with Gasteiger partial charge in [0.15, 0.2) is 0 Å². The van der Waals surface area contributed by atoms with Crippen LogP contribution in [0.2, 0.25) is 5.02 Å². The van der Waals surface area contributed by atoms with E-state index >= 15 is 0 Å².